The summed E-state index contributed by atoms with van der Waals surface area (Å²) in [5.74, 6) is -0.126. The van der Waals surface area contributed by atoms with Gasteiger partial charge in [-0.3, -0.25) is 14.5 Å². The Morgan fingerprint density at radius 1 is 1.11 bits per heavy atom. The molecule has 0 saturated heterocycles. The predicted octanol–water partition coefficient (Wildman–Crippen LogP) is 3.43. The summed E-state index contributed by atoms with van der Waals surface area (Å²) in [6.45, 7) is 2.86. The first kappa shape index (κ1) is 24.4. The molecule has 2 heterocycles. The summed E-state index contributed by atoms with van der Waals surface area (Å²) in [5.41, 5.74) is 1.92. The number of carbonyl (C=O) groups is 2. The van der Waals surface area contributed by atoms with E-state index < -0.39 is 6.04 Å². The first-order chi connectivity index (χ1) is 17.1. The third kappa shape index (κ3) is 5.50. The number of amides is 2. The van der Waals surface area contributed by atoms with E-state index in [-0.39, 0.29) is 18.4 Å². The summed E-state index contributed by atoms with van der Waals surface area (Å²) in [6, 6.07) is 17.4. The van der Waals surface area contributed by atoms with E-state index >= 15 is 0 Å². The number of benzene rings is 2. The number of thiophene rings is 1. The zero-order chi connectivity index (χ0) is 24.6. The first-order valence-electron chi connectivity index (χ1n) is 11.3. The van der Waals surface area contributed by atoms with Crippen molar-refractivity contribution in [1.29, 1.82) is 0 Å². The molecule has 0 saturated carbocycles. The molecular formula is C25H27N5O4S. The van der Waals surface area contributed by atoms with Crippen LogP contribution in [0.15, 0.2) is 66.0 Å². The van der Waals surface area contributed by atoms with E-state index in [2.05, 4.69) is 15.6 Å². The molecule has 0 spiro atoms. The zero-order valence-corrected chi connectivity index (χ0v) is 20.4. The number of methoxy groups -OCH3 is 1. The minimum absolute atomic E-state index is 0.103. The molecule has 0 radical (unpaired) electrons. The highest BCUT2D eigenvalue weighted by Gasteiger charge is 2.35. The SMILES string of the molecule is CCOc1ccccc1N(C(=O)Cn1nnc2ccccc21)[C@H](C(=O)NCCOC)c1cccs1. The quantitative estimate of drug-likeness (QED) is 0.322. The largest absolute Gasteiger partial charge is 0.492 e. The van der Waals surface area contributed by atoms with Crippen LogP contribution in [0, 0.1) is 0 Å². The molecule has 1 atom stereocenters. The highest BCUT2D eigenvalue weighted by Crippen LogP contribution is 2.36. The lowest BCUT2D eigenvalue weighted by Gasteiger charge is -2.31. The van der Waals surface area contributed by atoms with Crippen LogP contribution in [0.4, 0.5) is 5.69 Å². The van der Waals surface area contributed by atoms with Gasteiger partial charge in [0.25, 0.3) is 0 Å². The van der Waals surface area contributed by atoms with Crippen LogP contribution in [-0.4, -0.2) is 53.7 Å². The second-order valence-electron chi connectivity index (χ2n) is 7.60. The van der Waals surface area contributed by atoms with Crippen molar-refractivity contribution in [3.05, 3.63) is 70.9 Å². The van der Waals surface area contributed by atoms with Gasteiger partial charge in [0.2, 0.25) is 11.8 Å². The Bertz CT molecular complexity index is 1270. The standard InChI is InChI=1S/C25H27N5O4S/c1-3-34-21-12-7-6-11-20(21)30(23(31)17-29-19-10-5-4-9-18(19)27-28-29)24(22-13-8-16-35-22)25(32)26-14-15-33-2/h4-13,16,24H,3,14-15,17H2,1-2H3,(H,26,32)/t24-/m0/s1. The van der Waals surface area contributed by atoms with Crippen LogP contribution >= 0.6 is 11.3 Å². The number of rotatable bonds is 11. The second-order valence-corrected chi connectivity index (χ2v) is 8.58. The fourth-order valence-electron chi connectivity index (χ4n) is 3.78. The van der Waals surface area contributed by atoms with Gasteiger partial charge in [-0.2, -0.15) is 0 Å². The van der Waals surface area contributed by atoms with E-state index in [0.29, 0.717) is 36.7 Å². The lowest BCUT2D eigenvalue weighted by atomic mass is 10.1. The number of carbonyl (C=O) groups excluding carboxylic acids is 2. The van der Waals surface area contributed by atoms with Crippen LogP contribution in [0.5, 0.6) is 5.75 Å². The summed E-state index contributed by atoms with van der Waals surface area (Å²) < 4.78 is 12.5. The van der Waals surface area contributed by atoms with Gasteiger partial charge in [0.05, 0.1) is 24.4 Å². The number of aromatic nitrogens is 3. The van der Waals surface area contributed by atoms with Crippen molar-refractivity contribution >= 4 is 39.9 Å². The molecule has 9 nitrogen and oxygen atoms in total. The summed E-state index contributed by atoms with van der Waals surface area (Å²) in [5, 5.41) is 13.1. The Morgan fingerprint density at radius 3 is 2.69 bits per heavy atom. The number of anilines is 1. The number of hydrogen-bond acceptors (Lipinski definition) is 7. The van der Waals surface area contributed by atoms with E-state index in [1.807, 2.05) is 60.8 Å². The lowest BCUT2D eigenvalue weighted by Crippen LogP contribution is -2.45. The molecule has 0 aliphatic rings. The molecule has 1 N–H and O–H groups in total. The topological polar surface area (TPSA) is 98.6 Å². The third-order valence-corrected chi connectivity index (χ3v) is 6.25. The molecule has 4 rings (SSSR count). The van der Waals surface area contributed by atoms with Crippen molar-refractivity contribution in [1.82, 2.24) is 20.3 Å². The van der Waals surface area contributed by atoms with Gasteiger partial charge in [-0.1, -0.05) is 35.5 Å². The van der Waals surface area contributed by atoms with Gasteiger partial charge in [0, 0.05) is 18.5 Å². The van der Waals surface area contributed by atoms with Crippen LogP contribution in [0.25, 0.3) is 11.0 Å². The maximum atomic E-state index is 14.0. The van der Waals surface area contributed by atoms with E-state index in [1.165, 1.54) is 16.2 Å². The molecule has 0 aliphatic carbocycles. The van der Waals surface area contributed by atoms with Crippen molar-refractivity contribution in [3.63, 3.8) is 0 Å². The number of ether oxygens (including phenoxy) is 2. The molecule has 182 valence electrons. The van der Waals surface area contributed by atoms with Gasteiger partial charge in [0.15, 0.2) is 0 Å². The van der Waals surface area contributed by atoms with Crippen molar-refractivity contribution in [2.45, 2.75) is 19.5 Å². The van der Waals surface area contributed by atoms with Crippen LogP contribution < -0.4 is 15.0 Å². The average Bonchev–Trinajstić information content (AvgIpc) is 3.54. The average molecular weight is 494 g/mol. The minimum Gasteiger partial charge on any atom is -0.492 e. The fraction of sp³-hybridized carbons (Fsp3) is 0.280. The maximum Gasteiger partial charge on any atom is 0.249 e. The summed E-state index contributed by atoms with van der Waals surface area (Å²) in [4.78, 5) is 29.7. The summed E-state index contributed by atoms with van der Waals surface area (Å²) in [7, 11) is 1.57. The van der Waals surface area contributed by atoms with Crippen molar-refractivity contribution in [2.75, 3.05) is 31.8 Å². The first-order valence-corrected chi connectivity index (χ1v) is 12.1. The summed E-state index contributed by atoms with van der Waals surface area (Å²) >= 11 is 1.41. The van der Waals surface area contributed by atoms with Crippen LogP contribution in [-0.2, 0) is 20.9 Å². The van der Waals surface area contributed by atoms with Gasteiger partial charge in [-0.25, -0.2) is 4.68 Å². The third-order valence-electron chi connectivity index (χ3n) is 5.32. The molecule has 2 amide bonds. The highest BCUT2D eigenvalue weighted by molar-refractivity contribution is 7.10. The zero-order valence-electron chi connectivity index (χ0n) is 19.6. The van der Waals surface area contributed by atoms with E-state index in [0.717, 1.165) is 10.4 Å². The van der Waals surface area contributed by atoms with E-state index in [1.54, 1.807) is 23.9 Å². The van der Waals surface area contributed by atoms with Crippen molar-refractivity contribution in [3.8, 4) is 5.75 Å². The van der Waals surface area contributed by atoms with Gasteiger partial charge < -0.3 is 14.8 Å². The molecule has 0 bridgehead atoms. The lowest BCUT2D eigenvalue weighted by molar-refractivity contribution is -0.127. The van der Waals surface area contributed by atoms with Gasteiger partial charge in [0.1, 0.15) is 23.9 Å². The fourth-order valence-corrected chi connectivity index (χ4v) is 4.60. The van der Waals surface area contributed by atoms with Crippen LogP contribution in [0.3, 0.4) is 0 Å². The minimum atomic E-state index is -0.907. The predicted molar refractivity (Wildman–Crippen MR) is 135 cm³/mol. The van der Waals surface area contributed by atoms with Crippen molar-refractivity contribution in [2.24, 2.45) is 0 Å². The Kier molecular flexibility index (Phi) is 8.07. The van der Waals surface area contributed by atoms with E-state index in [4.69, 9.17) is 9.47 Å². The molecule has 0 unspecified atom stereocenters. The molecule has 2 aromatic heterocycles. The van der Waals surface area contributed by atoms with Gasteiger partial charge in [-0.15, -0.1) is 16.4 Å². The Hall–Kier alpha value is -3.76. The molecule has 0 aliphatic heterocycles. The maximum absolute atomic E-state index is 14.0. The molecule has 4 aromatic rings. The number of hydrogen-bond donors (Lipinski definition) is 1. The number of fused-ring (bicyclic) bond motifs is 1. The monoisotopic (exact) mass is 493 g/mol. The smallest absolute Gasteiger partial charge is 0.249 e. The Balaban J connectivity index is 1.78. The molecule has 0 fully saturated rings. The van der Waals surface area contributed by atoms with E-state index in [9.17, 15) is 9.59 Å². The Morgan fingerprint density at radius 2 is 1.91 bits per heavy atom. The summed E-state index contributed by atoms with van der Waals surface area (Å²) in [6.07, 6.45) is 0. The normalized spacial score (nSPS) is 11.8. The number of nitrogens with zero attached hydrogens (tertiary/aromatic N) is 4. The van der Waals surface area contributed by atoms with Crippen molar-refractivity contribution < 1.29 is 19.1 Å². The van der Waals surface area contributed by atoms with Gasteiger partial charge >= 0.3 is 0 Å². The van der Waals surface area contributed by atoms with Crippen LogP contribution in [0.1, 0.15) is 17.8 Å². The van der Waals surface area contributed by atoms with Gasteiger partial charge in [-0.05, 0) is 42.6 Å². The molecule has 10 heteroatoms. The second kappa shape index (κ2) is 11.6. The Labute approximate surface area is 207 Å². The number of para-hydroxylation sites is 3. The highest BCUT2D eigenvalue weighted by atomic mass is 32.1. The van der Waals surface area contributed by atoms with Crippen LogP contribution in [0.2, 0.25) is 0 Å². The number of nitrogens with one attached hydrogen (secondary N) is 1. The molecule has 35 heavy (non-hydrogen) atoms. The molecular weight excluding hydrogens is 466 g/mol. The molecule has 2 aromatic carbocycles.